The first-order chi connectivity index (χ1) is 7.36. The van der Waals surface area contributed by atoms with Crippen LogP contribution >= 0.6 is 0 Å². The van der Waals surface area contributed by atoms with E-state index >= 15 is 0 Å². The van der Waals surface area contributed by atoms with Crippen molar-refractivity contribution in [2.24, 2.45) is 0 Å². The highest BCUT2D eigenvalue weighted by Gasteiger charge is 2.05. The molecule has 0 aromatic carbocycles. The number of rotatable bonds is 7. The molecule has 84 valence electrons. The van der Waals surface area contributed by atoms with Crippen LogP contribution in [0.1, 0.15) is 5.56 Å². The number of nitrogens with one attached hydrogen (secondary N) is 1. The highest BCUT2D eigenvalue weighted by atomic mass is 16.5. The number of methoxy groups -OCH3 is 2. The Morgan fingerprint density at radius 1 is 1.33 bits per heavy atom. The van der Waals surface area contributed by atoms with Crippen LogP contribution in [0.25, 0.3) is 0 Å². The molecule has 0 aliphatic rings. The molecule has 1 atom stereocenters. The Labute approximate surface area is 90.6 Å². The van der Waals surface area contributed by atoms with Crippen molar-refractivity contribution in [2.75, 3.05) is 27.4 Å². The summed E-state index contributed by atoms with van der Waals surface area (Å²) in [4.78, 5) is 3.96. The van der Waals surface area contributed by atoms with Gasteiger partial charge >= 0.3 is 0 Å². The molecule has 0 bridgehead atoms. The average Bonchev–Trinajstić information content (AvgIpc) is 2.29. The smallest absolute Gasteiger partial charge is 0.0928 e. The van der Waals surface area contributed by atoms with Crippen LogP contribution in [0.2, 0.25) is 0 Å². The predicted octanol–water partition coefficient (Wildman–Crippen LogP) is 0.833. The van der Waals surface area contributed by atoms with Crippen molar-refractivity contribution >= 4 is 0 Å². The van der Waals surface area contributed by atoms with E-state index in [1.54, 1.807) is 26.6 Å². The van der Waals surface area contributed by atoms with Crippen LogP contribution in [0.4, 0.5) is 0 Å². The molecule has 1 N–H and O–H groups in total. The minimum atomic E-state index is 0.108. The first-order valence-corrected chi connectivity index (χ1v) is 4.98. The maximum absolute atomic E-state index is 5.23. The van der Waals surface area contributed by atoms with Crippen LogP contribution in [0, 0.1) is 0 Å². The molecule has 0 saturated heterocycles. The molecule has 0 fully saturated rings. The number of ether oxygens (including phenoxy) is 2. The maximum Gasteiger partial charge on any atom is 0.0928 e. The zero-order valence-corrected chi connectivity index (χ0v) is 9.27. The van der Waals surface area contributed by atoms with Crippen molar-refractivity contribution in [1.82, 2.24) is 10.3 Å². The van der Waals surface area contributed by atoms with Crippen LogP contribution in [-0.4, -0.2) is 38.5 Å². The molecule has 0 spiro atoms. The molecule has 0 aliphatic heterocycles. The molecular formula is C11H18N2O2. The van der Waals surface area contributed by atoms with Gasteiger partial charge in [-0.25, -0.2) is 0 Å². The van der Waals surface area contributed by atoms with Crippen molar-refractivity contribution in [3.05, 3.63) is 30.1 Å². The molecule has 1 aromatic heterocycles. The quantitative estimate of drug-likeness (QED) is 0.724. The summed E-state index contributed by atoms with van der Waals surface area (Å²) in [6.07, 6.45) is 3.69. The van der Waals surface area contributed by atoms with Gasteiger partial charge in [-0.05, 0) is 17.7 Å². The van der Waals surface area contributed by atoms with Gasteiger partial charge in [-0.2, -0.15) is 0 Å². The third-order valence-corrected chi connectivity index (χ3v) is 2.14. The molecule has 1 unspecified atom stereocenters. The largest absolute Gasteiger partial charge is 0.382 e. The Hall–Kier alpha value is -0.970. The van der Waals surface area contributed by atoms with Crippen molar-refractivity contribution in [3.63, 3.8) is 0 Å². The first-order valence-electron chi connectivity index (χ1n) is 4.98. The predicted molar refractivity (Wildman–Crippen MR) is 58.6 cm³/mol. The molecule has 0 amide bonds. The number of hydrogen-bond donors (Lipinski definition) is 1. The van der Waals surface area contributed by atoms with Crippen LogP contribution in [0.3, 0.4) is 0 Å². The number of hydrogen-bond acceptors (Lipinski definition) is 4. The molecule has 1 aromatic rings. The zero-order valence-electron chi connectivity index (χ0n) is 9.27. The Morgan fingerprint density at radius 2 is 2.07 bits per heavy atom. The maximum atomic E-state index is 5.23. The molecule has 4 heteroatoms. The highest BCUT2D eigenvalue weighted by molar-refractivity contribution is 5.08. The van der Waals surface area contributed by atoms with Crippen molar-refractivity contribution in [2.45, 2.75) is 12.6 Å². The van der Waals surface area contributed by atoms with Gasteiger partial charge in [-0.15, -0.1) is 0 Å². The van der Waals surface area contributed by atoms with E-state index in [-0.39, 0.29) is 6.10 Å². The van der Waals surface area contributed by atoms with Crippen LogP contribution in [-0.2, 0) is 16.0 Å². The standard InChI is InChI=1S/C11H18N2O2/c1-14-9-11(15-2)8-13-7-10-3-5-12-6-4-10/h3-6,11,13H,7-9H2,1-2H3. The normalized spacial score (nSPS) is 12.7. The van der Waals surface area contributed by atoms with E-state index in [0.717, 1.165) is 13.1 Å². The van der Waals surface area contributed by atoms with E-state index in [1.165, 1.54) is 5.56 Å². The van der Waals surface area contributed by atoms with Crippen LogP contribution in [0.5, 0.6) is 0 Å². The summed E-state index contributed by atoms with van der Waals surface area (Å²) in [5.74, 6) is 0. The third-order valence-electron chi connectivity index (χ3n) is 2.14. The Balaban J connectivity index is 2.20. The molecule has 15 heavy (non-hydrogen) atoms. The van der Waals surface area contributed by atoms with Crippen molar-refractivity contribution in [1.29, 1.82) is 0 Å². The van der Waals surface area contributed by atoms with Crippen LogP contribution in [0.15, 0.2) is 24.5 Å². The second-order valence-corrected chi connectivity index (χ2v) is 3.30. The monoisotopic (exact) mass is 210 g/mol. The Morgan fingerprint density at radius 3 is 2.67 bits per heavy atom. The van der Waals surface area contributed by atoms with Crippen LogP contribution < -0.4 is 5.32 Å². The second-order valence-electron chi connectivity index (χ2n) is 3.30. The van der Waals surface area contributed by atoms with E-state index in [0.29, 0.717) is 6.61 Å². The minimum absolute atomic E-state index is 0.108. The highest BCUT2D eigenvalue weighted by Crippen LogP contribution is 1.95. The fourth-order valence-corrected chi connectivity index (χ4v) is 1.27. The van der Waals surface area contributed by atoms with Gasteiger partial charge in [0.25, 0.3) is 0 Å². The van der Waals surface area contributed by atoms with Gasteiger partial charge in [0.05, 0.1) is 12.7 Å². The van der Waals surface area contributed by atoms with Gasteiger partial charge < -0.3 is 14.8 Å². The van der Waals surface area contributed by atoms with Gasteiger partial charge in [-0.1, -0.05) is 0 Å². The molecule has 0 saturated carbocycles. The Kier molecular flexibility index (Phi) is 5.92. The van der Waals surface area contributed by atoms with Gasteiger partial charge in [0.1, 0.15) is 0 Å². The molecule has 1 heterocycles. The molecule has 0 aliphatic carbocycles. The minimum Gasteiger partial charge on any atom is -0.382 e. The topological polar surface area (TPSA) is 43.4 Å². The first kappa shape index (κ1) is 12.1. The number of pyridine rings is 1. The van der Waals surface area contributed by atoms with E-state index in [2.05, 4.69) is 10.3 Å². The summed E-state index contributed by atoms with van der Waals surface area (Å²) in [7, 11) is 3.37. The fraction of sp³-hybridized carbons (Fsp3) is 0.545. The lowest BCUT2D eigenvalue weighted by Crippen LogP contribution is -2.31. The SMILES string of the molecule is COCC(CNCc1ccncc1)OC. The Bertz CT molecular complexity index is 254. The summed E-state index contributed by atoms with van der Waals surface area (Å²) in [5, 5.41) is 3.30. The van der Waals surface area contributed by atoms with E-state index in [1.807, 2.05) is 12.1 Å². The third kappa shape index (κ3) is 4.88. The molecular weight excluding hydrogens is 192 g/mol. The lowest BCUT2D eigenvalue weighted by atomic mass is 10.2. The second kappa shape index (κ2) is 7.34. The summed E-state index contributed by atoms with van der Waals surface area (Å²) >= 11 is 0. The van der Waals surface area contributed by atoms with Gasteiger partial charge in [0, 0.05) is 39.7 Å². The molecule has 4 nitrogen and oxygen atoms in total. The van der Waals surface area contributed by atoms with Crippen molar-refractivity contribution in [3.8, 4) is 0 Å². The number of aromatic nitrogens is 1. The molecule has 1 rings (SSSR count). The van der Waals surface area contributed by atoms with E-state index in [4.69, 9.17) is 9.47 Å². The van der Waals surface area contributed by atoms with E-state index < -0.39 is 0 Å². The van der Waals surface area contributed by atoms with Crippen molar-refractivity contribution < 1.29 is 9.47 Å². The molecule has 0 radical (unpaired) electrons. The van der Waals surface area contributed by atoms with Gasteiger partial charge in [0.15, 0.2) is 0 Å². The lowest BCUT2D eigenvalue weighted by Gasteiger charge is -2.14. The number of nitrogens with zero attached hydrogens (tertiary/aromatic N) is 1. The zero-order chi connectivity index (χ0) is 10.9. The summed E-state index contributed by atoms with van der Waals surface area (Å²) in [6.45, 7) is 2.22. The fourth-order valence-electron chi connectivity index (χ4n) is 1.27. The summed E-state index contributed by atoms with van der Waals surface area (Å²) in [5.41, 5.74) is 1.22. The van der Waals surface area contributed by atoms with E-state index in [9.17, 15) is 0 Å². The summed E-state index contributed by atoms with van der Waals surface area (Å²) < 4.78 is 10.3. The van der Waals surface area contributed by atoms with Gasteiger partial charge in [0.2, 0.25) is 0 Å². The summed E-state index contributed by atoms with van der Waals surface area (Å²) in [6, 6.07) is 3.98. The lowest BCUT2D eigenvalue weighted by molar-refractivity contribution is 0.0288. The average molecular weight is 210 g/mol. The van der Waals surface area contributed by atoms with Gasteiger partial charge in [-0.3, -0.25) is 4.98 Å².